The second-order valence-electron chi connectivity index (χ2n) is 9.39. The number of rotatable bonds is 7. The highest BCUT2D eigenvalue weighted by atomic mass is 32.2. The van der Waals surface area contributed by atoms with Crippen molar-refractivity contribution in [2.75, 3.05) is 10.8 Å². The summed E-state index contributed by atoms with van der Waals surface area (Å²) in [5.41, 5.74) is -3.91. The summed E-state index contributed by atoms with van der Waals surface area (Å²) in [4.78, 5) is 0.0965. The summed E-state index contributed by atoms with van der Waals surface area (Å²) in [6.45, 7) is 8.72. The molecule has 2 rings (SSSR count). The van der Waals surface area contributed by atoms with E-state index in [1.807, 2.05) is 13.8 Å². The molecule has 31 heavy (non-hydrogen) atoms. The zero-order chi connectivity index (χ0) is 23.7. The van der Waals surface area contributed by atoms with Gasteiger partial charge in [0.25, 0.3) is 10.0 Å². The molecule has 1 atom stereocenters. The van der Waals surface area contributed by atoms with Crippen molar-refractivity contribution in [2.24, 2.45) is 11.3 Å². The average Bonchev–Trinajstić information content (AvgIpc) is 2.64. The molecule has 0 saturated heterocycles. The van der Waals surface area contributed by atoms with E-state index in [-0.39, 0.29) is 28.6 Å². The third-order valence-corrected chi connectivity index (χ3v) is 6.56. The molecule has 0 saturated carbocycles. The van der Waals surface area contributed by atoms with Gasteiger partial charge in [-0.25, -0.2) is 8.42 Å². The molecule has 172 valence electrons. The Hall–Kier alpha value is -2.06. The van der Waals surface area contributed by atoms with Crippen molar-refractivity contribution in [2.45, 2.75) is 57.7 Å². The quantitative estimate of drug-likeness (QED) is 0.578. The van der Waals surface area contributed by atoms with Crippen molar-refractivity contribution in [3.05, 3.63) is 60.2 Å². The topological polar surface area (TPSA) is 57.6 Å². The minimum Gasteiger partial charge on any atom is -0.376 e. The van der Waals surface area contributed by atoms with Gasteiger partial charge in [0.15, 0.2) is 5.60 Å². The lowest BCUT2D eigenvalue weighted by Gasteiger charge is -2.36. The van der Waals surface area contributed by atoms with Gasteiger partial charge in [-0.1, -0.05) is 65.0 Å². The van der Waals surface area contributed by atoms with E-state index in [2.05, 4.69) is 0 Å². The minimum absolute atomic E-state index is 0.0221. The first-order valence-electron chi connectivity index (χ1n) is 10.1. The van der Waals surface area contributed by atoms with Crippen molar-refractivity contribution in [3.8, 4) is 0 Å². The monoisotopic (exact) mass is 457 g/mol. The number of benzene rings is 2. The molecule has 0 radical (unpaired) electrons. The van der Waals surface area contributed by atoms with Gasteiger partial charge >= 0.3 is 6.18 Å². The van der Waals surface area contributed by atoms with Crippen molar-refractivity contribution in [1.82, 2.24) is 0 Å². The van der Waals surface area contributed by atoms with Gasteiger partial charge < -0.3 is 5.11 Å². The molecule has 1 unspecified atom stereocenters. The molecule has 8 heteroatoms. The van der Waals surface area contributed by atoms with Gasteiger partial charge in [0.1, 0.15) is 0 Å². The molecular weight excluding hydrogens is 427 g/mol. The van der Waals surface area contributed by atoms with Crippen molar-refractivity contribution < 1.29 is 26.7 Å². The van der Waals surface area contributed by atoms with E-state index in [9.17, 15) is 26.7 Å². The van der Waals surface area contributed by atoms with Crippen LogP contribution in [-0.2, 0) is 15.6 Å². The van der Waals surface area contributed by atoms with E-state index < -0.39 is 33.6 Å². The van der Waals surface area contributed by atoms with Gasteiger partial charge in [-0.3, -0.25) is 4.31 Å². The maximum absolute atomic E-state index is 13.8. The van der Waals surface area contributed by atoms with Gasteiger partial charge in [0.05, 0.1) is 10.6 Å². The second-order valence-corrected chi connectivity index (χ2v) is 11.2. The summed E-state index contributed by atoms with van der Waals surface area (Å²) < 4.78 is 69.0. The molecule has 0 heterocycles. The predicted molar refractivity (Wildman–Crippen MR) is 116 cm³/mol. The number of halogens is 3. The Balaban J connectivity index is 2.52. The zero-order valence-electron chi connectivity index (χ0n) is 18.4. The lowest BCUT2D eigenvalue weighted by molar-refractivity contribution is -0.276. The number of anilines is 1. The summed E-state index contributed by atoms with van der Waals surface area (Å²) in [7, 11) is -3.91. The maximum Gasteiger partial charge on any atom is 0.421 e. The van der Waals surface area contributed by atoms with Crippen LogP contribution in [0.4, 0.5) is 18.9 Å². The number of nitrogens with zero attached hydrogens (tertiary/aromatic N) is 1. The van der Waals surface area contributed by atoms with Crippen molar-refractivity contribution >= 4 is 15.7 Å². The highest BCUT2D eigenvalue weighted by Crippen LogP contribution is 2.46. The smallest absolute Gasteiger partial charge is 0.376 e. The summed E-state index contributed by atoms with van der Waals surface area (Å²) in [6.07, 6.45) is -5.41. The standard InChI is InChI=1S/C23H30F3NO3S/c1-17(2)15-27(31(29,30)20-9-7-6-8-10-20)19-13-11-18(12-14-19)22(28,23(24,25)26)16-21(3,4)5/h6-14,17,28H,15-16H2,1-5H3. The lowest BCUT2D eigenvalue weighted by atomic mass is 9.77. The van der Waals surface area contributed by atoms with Crippen LogP contribution in [0.1, 0.15) is 46.6 Å². The third-order valence-electron chi connectivity index (χ3n) is 4.75. The molecule has 1 N–H and O–H groups in total. The van der Waals surface area contributed by atoms with E-state index in [0.29, 0.717) is 0 Å². The summed E-state index contributed by atoms with van der Waals surface area (Å²) >= 11 is 0. The van der Waals surface area contributed by atoms with Crippen molar-refractivity contribution in [1.29, 1.82) is 0 Å². The number of alkyl halides is 3. The number of hydrogen-bond donors (Lipinski definition) is 1. The van der Waals surface area contributed by atoms with Gasteiger partial charge in [-0.15, -0.1) is 0 Å². The Morgan fingerprint density at radius 3 is 1.87 bits per heavy atom. The molecule has 0 amide bonds. The van der Waals surface area contributed by atoms with Crippen LogP contribution in [0.5, 0.6) is 0 Å². The molecule has 0 aliphatic carbocycles. The minimum atomic E-state index is -4.88. The molecular formula is C23H30F3NO3S. The van der Waals surface area contributed by atoms with Crippen LogP contribution in [0.3, 0.4) is 0 Å². The Morgan fingerprint density at radius 2 is 1.45 bits per heavy atom. The molecule has 0 aromatic heterocycles. The van der Waals surface area contributed by atoms with Gasteiger partial charge in [-0.2, -0.15) is 13.2 Å². The van der Waals surface area contributed by atoms with Crippen LogP contribution in [0.25, 0.3) is 0 Å². The third kappa shape index (κ3) is 5.80. The number of hydrogen-bond acceptors (Lipinski definition) is 3. The van der Waals surface area contributed by atoms with Crippen LogP contribution in [-0.4, -0.2) is 26.2 Å². The maximum atomic E-state index is 13.8. The SMILES string of the molecule is CC(C)CN(c1ccc(C(O)(CC(C)(C)C)C(F)(F)F)cc1)S(=O)(=O)c1ccccc1. The average molecular weight is 458 g/mol. The molecule has 0 bridgehead atoms. The largest absolute Gasteiger partial charge is 0.421 e. The fourth-order valence-corrected chi connectivity index (χ4v) is 5.08. The van der Waals surface area contributed by atoms with E-state index in [0.717, 1.165) is 12.1 Å². The van der Waals surface area contributed by atoms with Crippen LogP contribution in [0.2, 0.25) is 0 Å². The number of aliphatic hydroxyl groups is 1. The molecule has 0 aliphatic heterocycles. The van der Waals surface area contributed by atoms with Crippen molar-refractivity contribution in [3.63, 3.8) is 0 Å². The fourth-order valence-electron chi connectivity index (χ4n) is 3.43. The normalized spacial score (nSPS) is 15.0. The predicted octanol–water partition coefficient (Wildman–Crippen LogP) is 5.72. The van der Waals surface area contributed by atoms with Gasteiger partial charge in [0.2, 0.25) is 0 Å². The zero-order valence-corrected chi connectivity index (χ0v) is 19.3. The number of sulfonamides is 1. The molecule has 2 aromatic rings. The summed E-state index contributed by atoms with van der Waals surface area (Å²) in [5, 5.41) is 10.6. The highest BCUT2D eigenvalue weighted by Gasteiger charge is 2.56. The molecule has 4 nitrogen and oxygen atoms in total. The fraction of sp³-hybridized carbons (Fsp3) is 0.478. The lowest BCUT2D eigenvalue weighted by Crippen LogP contribution is -2.45. The Kier molecular flexibility index (Phi) is 7.17. The van der Waals surface area contributed by atoms with E-state index >= 15 is 0 Å². The first-order chi connectivity index (χ1) is 14.1. The van der Waals surface area contributed by atoms with E-state index in [4.69, 9.17) is 0 Å². The molecule has 0 spiro atoms. The van der Waals surface area contributed by atoms with Gasteiger partial charge in [0, 0.05) is 6.54 Å². The highest BCUT2D eigenvalue weighted by molar-refractivity contribution is 7.92. The Bertz CT molecular complexity index is 966. The Morgan fingerprint density at radius 1 is 0.935 bits per heavy atom. The summed E-state index contributed by atoms with van der Waals surface area (Å²) in [5.74, 6) is -0.0221. The molecule has 0 aliphatic rings. The van der Waals surface area contributed by atoms with E-state index in [1.54, 1.807) is 39.0 Å². The molecule has 0 fully saturated rings. The second kappa shape index (κ2) is 8.82. The van der Waals surface area contributed by atoms with Crippen LogP contribution in [0, 0.1) is 11.3 Å². The van der Waals surface area contributed by atoms with Crippen LogP contribution in [0.15, 0.2) is 59.5 Å². The van der Waals surface area contributed by atoms with Crippen LogP contribution >= 0.6 is 0 Å². The van der Waals surface area contributed by atoms with E-state index in [1.165, 1.54) is 28.6 Å². The van der Waals surface area contributed by atoms with Crippen LogP contribution < -0.4 is 4.31 Å². The molecule has 2 aromatic carbocycles. The summed E-state index contributed by atoms with van der Waals surface area (Å²) in [6, 6.07) is 12.8. The first kappa shape index (κ1) is 25.2. The van der Waals surface area contributed by atoms with Gasteiger partial charge in [-0.05, 0) is 47.6 Å². The Labute approximate surface area is 182 Å². The first-order valence-corrected chi connectivity index (χ1v) is 11.5.